The minimum absolute atomic E-state index is 0. The van der Waals surface area contributed by atoms with Gasteiger partial charge in [0.25, 0.3) is 0 Å². The van der Waals surface area contributed by atoms with Crippen molar-refractivity contribution >= 4 is 5.78 Å². The molecule has 5 nitrogen and oxygen atoms in total. The molecule has 27 heavy (non-hydrogen) atoms. The molecule has 0 aliphatic heterocycles. The van der Waals surface area contributed by atoms with E-state index in [9.17, 15) is 4.79 Å². The van der Waals surface area contributed by atoms with Crippen molar-refractivity contribution in [2.24, 2.45) is 28.6 Å². The van der Waals surface area contributed by atoms with Gasteiger partial charge >= 0.3 is 33.9 Å². The van der Waals surface area contributed by atoms with E-state index in [-0.39, 0.29) is 39.7 Å². The van der Waals surface area contributed by atoms with Crippen LogP contribution in [-0.2, 0) is 40.6 Å². The van der Waals surface area contributed by atoms with Crippen LogP contribution in [-0.4, -0.2) is 12.9 Å². The molecular formula is C21H25MnO5. The maximum atomic E-state index is 13.0. The molecule has 0 amide bonds. The number of hydrogen-bond donors (Lipinski definition) is 0. The first-order chi connectivity index (χ1) is 12.3. The number of rotatable bonds is 2. The summed E-state index contributed by atoms with van der Waals surface area (Å²) >= 11 is 0. The fourth-order valence-electron chi connectivity index (χ4n) is 4.80. The molecule has 3 aliphatic carbocycles. The van der Waals surface area contributed by atoms with Gasteiger partial charge in [0, 0.05) is 48.4 Å². The van der Waals surface area contributed by atoms with E-state index < -0.39 is 0 Å². The molecule has 0 N–H and O–H groups in total. The SMILES string of the molecule is CO[C]1[CH][C](C)[CH][C@H]([C@H]2C(=O)[C@]3(C)CC[C@H]2C3(C)C)[CH]1.[C-]#[O+].[C-]#[O+].[C-]#[O+].[Mn]. The number of Topliss-reactive ketones (excluding diaryl/α,β-unsaturated/α-hetero) is 1. The summed E-state index contributed by atoms with van der Waals surface area (Å²) in [5, 5.41) is 0. The zero-order chi connectivity index (χ0) is 20.7. The molecule has 0 aromatic heterocycles. The summed E-state index contributed by atoms with van der Waals surface area (Å²) in [5.41, 5.74) is -0.00888. The van der Waals surface area contributed by atoms with Gasteiger partial charge in [-0.25, -0.2) is 0 Å². The standard InChI is InChI=1S/C18H25O2.3CO.Mn/c1-11-8-12(10-13(9-11)20-5)15-14-6-7-18(4,16(15)19)17(14,2)3;3*1-2;/h8-10,12,14-15H,6-7H2,1-5H3;;;;/t12-,14+,15+,18-;;;;/m0..../s1. The van der Waals surface area contributed by atoms with Crippen LogP contribution < -0.4 is 0 Å². The molecule has 0 saturated heterocycles. The second-order valence-electron chi connectivity index (χ2n) is 7.49. The molecule has 0 heterocycles. The Kier molecular flexibility index (Phi) is 12.7. The normalized spacial score (nSPS) is 33.7. The van der Waals surface area contributed by atoms with Crippen molar-refractivity contribution in [1.82, 2.24) is 0 Å². The smallest absolute Gasteiger partial charge is 0 e. The van der Waals surface area contributed by atoms with Crippen LogP contribution in [0.4, 0.5) is 0 Å². The van der Waals surface area contributed by atoms with Gasteiger partial charge < -0.3 is 4.74 Å². The molecule has 3 aliphatic rings. The van der Waals surface area contributed by atoms with Crippen LogP contribution in [0.5, 0.6) is 0 Å². The topological polar surface area (TPSA) is 86.0 Å². The first-order valence-electron chi connectivity index (χ1n) is 8.26. The molecule has 0 spiro atoms. The van der Waals surface area contributed by atoms with E-state index in [1.807, 2.05) is 6.42 Å². The van der Waals surface area contributed by atoms with Crippen LogP contribution >= 0.6 is 0 Å². The van der Waals surface area contributed by atoms with Crippen LogP contribution in [0.25, 0.3) is 0 Å². The van der Waals surface area contributed by atoms with E-state index in [1.54, 1.807) is 7.11 Å². The minimum atomic E-state index is -0.133. The number of ether oxygens (including phenoxy) is 1. The van der Waals surface area contributed by atoms with E-state index in [1.165, 1.54) is 12.3 Å². The molecule has 3 saturated carbocycles. The van der Waals surface area contributed by atoms with Crippen molar-refractivity contribution in [1.29, 1.82) is 0 Å². The van der Waals surface area contributed by atoms with Crippen LogP contribution in [0.15, 0.2) is 0 Å². The second-order valence-corrected chi connectivity index (χ2v) is 7.49. The molecule has 2 bridgehead atoms. The number of carbonyl (C=O) groups excluding carboxylic acids is 1. The first-order valence-corrected chi connectivity index (χ1v) is 8.26. The third-order valence-corrected chi connectivity index (χ3v) is 6.42. The number of ketones is 1. The predicted molar refractivity (Wildman–Crippen MR) is 90.5 cm³/mol. The van der Waals surface area contributed by atoms with Gasteiger partial charge in [0.2, 0.25) is 0 Å². The van der Waals surface area contributed by atoms with E-state index in [2.05, 4.69) is 60.5 Å². The van der Waals surface area contributed by atoms with Crippen molar-refractivity contribution in [2.45, 2.75) is 40.5 Å². The summed E-state index contributed by atoms with van der Waals surface area (Å²) in [4.78, 5) is 13.0. The zero-order valence-electron chi connectivity index (χ0n) is 16.3. The third-order valence-electron chi connectivity index (χ3n) is 6.42. The van der Waals surface area contributed by atoms with Crippen LogP contribution in [0.2, 0.25) is 0 Å². The van der Waals surface area contributed by atoms with E-state index in [4.69, 9.17) is 18.7 Å². The van der Waals surface area contributed by atoms with Gasteiger partial charge in [0.05, 0.1) is 0 Å². The monoisotopic (exact) mass is 412 g/mol. The number of methoxy groups -OCH3 is 1. The summed E-state index contributed by atoms with van der Waals surface area (Å²) in [6, 6.07) is 0. The fraction of sp³-hybridized carbons (Fsp3) is 0.571. The van der Waals surface area contributed by atoms with Gasteiger partial charge in [-0.1, -0.05) is 27.7 Å². The quantitative estimate of drug-likeness (QED) is 0.395. The second kappa shape index (κ2) is 12.0. The van der Waals surface area contributed by atoms with Gasteiger partial charge in [-0.15, -0.1) is 0 Å². The molecular weight excluding hydrogens is 387 g/mol. The maximum absolute atomic E-state index is 13.0. The number of fused-ring (bicyclic) bond motifs is 2. The molecule has 6 radical (unpaired) electrons. The molecule has 0 aromatic carbocycles. The Balaban J connectivity index is 0. The average Bonchev–Trinajstić information content (AvgIpc) is 2.98. The summed E-state index contributed by atoms with van der Waals surface area (Å²) in [6.45, 7) is 22.3. The number of hydrogen-bond acceptors (Lipinski definition) is 2. The van der Waals surface area contributed by atoms with Gasteiger partial charge in [-0.05, 0) is 42.4 Å². The molecule has 3 fully saturated rings. The zero-order valence-corrected chi connectivity index (χ0v) is 17.5. The Morgan fingerprint density at radius 3 is 2.00 bits per heavy atom. The maximum Gasteiger partial charge on any atom is 0 e. The van der Waals surface area contributed by atoms with Crippen molar-refractivity contribution in [3.63, 3.8) is 0 Å². The van der Waals surface area contributed by atoms with Gasteiger partial charge in [-0.3, -0.25) is 4.79 Å². The summed E-state index contributed by atoms with van der Waals surface area (Å²) in [7, 11) is 1.70. The van der Waals surface area contributed by atoms with Gasteiger partial charge in [0.15, 0.2) is 0 Å². The average molecular weight is 412 g/mol. The number of carbonyl (C=O) groups is 1. The third kappa shape index (κ3) is 5.05. The Morgan fingerprint density at radius 1 is 1.07 bits per heavy atom. The van der Waals surface area contributed by atoms with Gasteiger partial charge in [0.1, 0.15) is 11.9 Å². The predicted octanol–water partition coefficient (Wildman–Crippen LogP) is 3.53. The molecule has 3 rings (SSSR count). The molecule has 146 valence electrons. The first kappa shape index (κ1) is 28.6. The fourth-order valence-corrected chi connectivity index (χ4v) is 4.80. The van der Waals surface area contributed by atoms with Crippen LogP contribution in [0, 0.1) is 79.8 Å². The Labute approximate surface area is 174 Å². The Hall–Kier alpha value is -0.631. The van der Waals surface area contributed by atoms with Crippen LogP contribution in [0.3, 0.4) is 0 Å². The molecule has 6 heteroatoms. The summed E-state index contributed by atoms with van der Waals surface area (Å²) in [5.74, 6) is 2.52. The largest absolute Gasteiger partial charge is 0 e. The minimum Gasteiger partial charge on any atom is 0 e. The summed E-state index contributed by atoms with van der Waals surface area (Å²) in [6.07, 6.45) is 9.56. The van der Waals surface area contributed by atoms with Gasteiger partial charge in [-0.2, -0.15) is 0 Å². The van der Waals surface area contributed by atoms with Crippen molar-refractivity contribution < 1.29 is 40.6 Å². The molecule has 4 atom stereocenters. The molecule has 0 unspecified atom stereocenters. The van der Waals surface area contributed by atoms with Crippen molar-refractivity contribution in [3.05, 3.63) is 51.2 Å². The van der Waals surface area contributed by atoms with E-state index in [0.717, 1.165) is 12.5 Å². The van der Waals surface area contributed by atoms with Crippen LogP contribution in [0.1, 0.15) is 40.5 Å². The van der Waals surface area contributed by atoms with E-state index in [0.29, 0.717) is 11.7 Å². The van der Waals surface area contributed by atoms with E-state index >= 15 is 0 Å². The molecule has 0 aromatic rings. The van der Waals surface area contributed by atoms with Crippen molar-refractivity contribution in [2.75, 3.05) is 7.11 Å². The Morgan fingerprint density at radius 2 is 1.59 bits per heavy atom. The Bertz CT molecular complexity index is 524. The summed E-state index contributed by atoms with van der Waals surface area (Å²) < 4.78 is 27.9. The van der Waals surface area contributed by atoms with Crippen molar-refractivity contribution in [3.8, 4) is 0 Å².